The Kier molecular flexibility index (Phi) is 7.47. The number of hydrogen-bond donors (Lipinski definition) is 1. The van der Waals surface area contributed by atoms with Crippen LogP contribution in [0, 0.1) is 11.7 Å². The van der Waals surface area contributed by atoms with Crippen LogP contribution in [0.25, 0.3) is 0 Å². The largest absolute Gasteiger partial charge is 0.488 e. The summed E-state index contributed by atoms with van der Waals surface area (Å²) in [6, 6.07) is 10.4. The Balaban J connectivity index is 2.17. The molecule has 0 aliphatic rings. The monoisotopic (exact) mass is 415 g/mol. The summed E-state index contributed by atoms with van der Waals surface area (Å²) in [4.78, 5) is 0. The second-order valence-electron chi connectivity index (χ2n) is 6.65. The van der Waals surface area contributed by atoms with Crippen LogP contribution in [0.1, 0.15) is 20.3 Å². The lowest BCUT2D eigenvalue weighted by Crippen LogP contribution is -2.39. The molecular weight excluding hydrogens is 393 g/mol. The van der Waals surface area contributed by atoms with E-state index in [1.54, 1.807) is 30.3 Å². The number of benzene rings is 2. The summed E-state index contributed by atoms with van der Waals surface area (Å²) >= 11 is 5.85. The van der Waals surface area contributed by atoms with Gasteiger partial charge in [-0.15, -0.1) is 0 Å². The van der Waals surface area contributed by atoms with E-state index in [0.29, 0.717) is 17.2 Å². The van der Waals surface area contributed by atoms with E-state index in [-0.39, 0.29) is 24.0 Å². The standard InChI is InChI=1S/C19H23ClFNO4S/c1-13(2)11-15(22-27(3,23)24)12-25-18-6-4-5-17(21)19(18)26-16-9-7-14(20)8-10-16/h4-10,13,15,22H,11-12H2,1-3H3/t15-/m0/s1. The molecule has 0 aliphatic heterocycles. The smallest absolute Gasteiger partial charge is 0.209 e. The molecule has 8 heteroatoms. The van der Waals surface area contributed by atoms with E-state index in [9.17, 15) is 12.8 Å². The number of rotatable bonds is 9. The van der Waals surface area contributed by atoms with Crippen molar-refractivity contribution in [2.45, 2.75) is 26.3 Å². The highest BCUT2D eigenvalue weighted by Gasteiger charge is 2.19. The van der Waals surface area contributed by atoms with Gasteiger partial charge >= 0.3 is 0 Å². The maximum Gasteiger partial charge on any atom is 0.209 e. The highest BCUT2D eigenvalue weighted by atomic mass is 35.5. The van der Waals surface area contributed by atoms with Crippen molar-refractivity contribution in [3.05, 3.63) is 53.3 Å². The van der Waals surface area contributed by atoms with Gasteiger partial charge in [-0.1, -0.05) is 31.5 Å². The topological polar surface area (TPSA) is 64.6 Å². The van der Waals surface area contributed by atoms with Crippen molar-refractivity contribution < 1.29 is 22.3 Å². The number of sulfonamides is 1. The fourth-order valence-corrected chi connectivity index (χ4v) is 3.43. The van der Waals surface area contributed by atoms with Crippen molar-refractivity contribution in [1.82, 2.24) is 4.72 Å². The summed E-state index contributed by atoms with van der Waals surface area (Å²) in [5.74, 6) is 0.197. The van der Waals surface area contributed by atoms with Crippen molar-refractivity contribution in [3.63, 3.8) is 0 Å². The molecule has 0 amide bonds. The zero-order valence-electron chi connectivity index (χ0n) is 15.4. The molecule has 0 saturated heterocycles. The molecule has 0 aromatic heterocycles. The van der Waals surface area contributed by atoms with E-state index in [2.05, 4.69) is 4.72 Å². The molecule has 5 nitrogen and oxygen atoms in total. The van der Waals surface area contributed by atoms with Gasteiger partial charge in [0, 0.05) is 5.02 Å². The molecule has 0 radical (unpaired) electrons. The van der Waals surface area contributed by atoms with Crippen LogP contribution in [0.2, 0.25) is 5.02 Å². The van der Waals surface area contributed by atoms with Gasteiger partial charge in [0.2, 0.25) is 15.8 Å². The minimum absolute atomic E-state index is 0.0473. The van der Waals surface area contributed by atoms with Crippen molar-refractivity contribution in [2.75, 3.05) is 12.9 Å². The molecule has 0 saturated carbocycles. The first-order valence-corrected chi connectivity index (χ1v) is 10.7. The van der Waals surface area contributed by atoms with E-state index >= 15 is 0 Å². The second-order valence-corrected chi connectivity index (χ2v) is 8.87. The van der Waals surface area contributed by atoms with Gasteiger partial charge in [-0.25, -0.2) is 17.5 Å². The van der Waals surface area contributed by atoms with Crippen LogP contribution in [0.15, 0.2) is 42.5 Å². The molecule has 0 unspecified atom stereocenters. The predicted molar refractivity (Wildman–Crippen MR) is 105 cm³/mol. The SMILES string of the molecule is CC(C)C[C@@H](COc1cccc(F)c1Oc1ccc(Cl)cc1)NS(C)(=O)=O. The number of para-hydroxylation sites is 1. The summed E-state index contributed by atoms with van der Waals surface area (Å²) in [5, 5.41) is 0.538. The first kappa shape index (κ1) is 21.5. The molecule has 2 aromatic rings. The maximum atomic E-state index is 14.3. The van der Waals surface area contributed by atoms with E-state index in [0.717, 1.165) is 6.26 Å². The molecule has 148 valence electrons. The van der Waals surface area contributed by atoms with E-state index in [4.69, 9.17) is 21.1 Å². The highest BCUT2D eigenvalue weighted by molar-refractivity contribution is 7.88. The Hall–Kier alpha value is -1.83. The van der Waals surface area contributed by atoms with Crippen molar-refractivity contribution in [3.8, 4) is 17.2 Å². The van der Waals surface area contributed by atoms with Crippen LogP contribution >= 0.6 is 11.6 Å². The van der Waals surface area contributed by atoms with Crippen LogP contribution in [-0.4, -0.2) is 27.3 Å². The second kappa shape index (κ2) is 9.39. The predicted octanol–water partition coefficient (Wildman–Crippen LogP) is 4.61. The minimum Gasteiger partial charge on any atom is -0.488 e. The molecule has 0 fully saturated rings. The van der Waals surface area contributed by atoms with Gasteiger partial charge < -0.3 is 9.47 Å². The molecule has 2 aromatic carbocycles. The Morgan fingerprint density at radius 1 is 1.15 bits per heavy atom. The lowest BCUT2D eigenvalue weighted by molar-refractivity contribution is 0.250. The minimum atomic E-state index is -3.39. The number of nitrogens with one attached hydrogen (secondary N) is 1. The van der Waals surface area contributed by atoms with Crippen LogP contribution in [0.4, 0.5) is 4.39 Å². The normalized spacial score (nSPS) is 12.8. The molecular formula is C19H23ClFNO4S. The average Bonchev–Trinajstić information content (AvgIpc) is 2.55. The third kappa shape index (κ3) is 7.36. The summed E-state index contributed by atoms with van der Waals surface area (Å²) in [6.45, 7) is 4.01. The van der Waals surface area contributed by atoms with Gasteiger partial charge in [0.05, 0.1) is 12.3 Å². The quantitative estimate of drug-likeness (QED) is 0.649. The van der Waals surface area contributed by atoms with Crippen LogP contribution in [-0.2, 0) is 10.0 Å². The van der Waals surface area contributed by atoms with E-state index in [1.807, 2.05) is 13.8 Å². The number of ether oxygens (including phenoxy) is 2. The summed E-state index contributed by atoms with van der Waals surface area (Å²) in [6.07, 6.45) is 1.67. The van der Waals surface area contributed by atoms with E-state index in [1.165, 1.54) is 12.1 Å². The van der Waals surface area contributed by atoms with Crippen LogP contribution in [0.5, 0.6) is 17.2 Å². The number of hydrogen-bond acceptors (Lipinski definition) is 4. The lowest BCUT2D eigenvalue weighted by Gasteiger charge is -2.21. The third-order valence-corrected chi connectivity index (χ3v) is 4.55. The summed E-state index contributed by atoms with van der Waals surface area (Å²) < 4.78 is 51.3. The molecule has 27 heavy (non-hydrogen) atoms. The third-order valence-electron chi connectivity index (χ3n) is 3.54. The van der Waals surface area contributed by atoms with Gasteiger partial charge in [0.15, 0.2) is 11.6 Å². The summed E-state index contributed by atoms with van der Waals surface area (Å²) in [5.41, 5.74) is 0. The molecule has 0 aliphatic carbocycles. The van der Waals surface area contributed by atoms with Crippen molar-refractivity contribution in [1.29, 1.82) is 0 Å². The molecule has 0 spiro atoms. The molecule has 0 bridgehead atoms. The van der Waals surface area contributed by atoms with Crippen molar-refractivity contribution >= 4 is 21.6 Å². The molecule has 1 N–H and O–H groups in total. The van der Waals surface area contributed by atoms with E-state index < -0.39 is 21.9 Å². The van der Waals surface area contributed by atoms with Crippen molar-refractivity contribution in [2.24, 2.45) is 5.92 Å². The Bertz CT molecular complexity index is 857. The van der Waals surface area contributed by atoms with Gasteiger partial charge in [0.25, 0.3) is 0 Å². The van der Waals surface area contributed by atoms with Gasteiger partial charge in [0.1, 0.15) is 12.4 Å². The number of halogens is 2. The van der Waals surface area contributed by atoms with Crippen LogP contribution in [0.3, 0.4) is 0 Å². The fraction of sp³-hybridized carbons (Fsp3) is 0.368. The lowest BCUT2D eigenvalue weighted by atomic mass is 10.1. The highest BCUT2D eigenvalue weighted by Crippen LogP contribution is 2.34. The molecule has 0 heterocycles. The zero-order chi connectivity index (χ0) is 20.0. The van der Waals surface area contributed by atoms with Gasteiger partial charge in [-0.3, -0.25) is 0 Å². The zero-order valence-corrected chi connectivity index (χ0v) is 17.0. The Morgan fingerprint density at radius 3 is 2.41 bits per heavy atom. The molecule has 1 atom stereocenters. The van der Waals surface area contributed by atoms with Gasteiger partial charge in [-0.05, 0) is 48.7 Å². The Morgan fingerprint density at radius 2 is 1.81 bits per heavy atom. The Labute approximate surface area is 164 Å². The average molecular weight is 416 g/mol. The first-order valence-electron chi connectivity index (χ1n) is 8.46. The van der Waals surface area contributed by atoms with Gasteiger partial charge in [-0.2, -0.15) is 0 Å². The summed E-state index contributed by atoms with van der Waals surface area (Å²) in [7, 11) is -3.39. The fourth-order valence-electron chi connectivity index (χ4n) is 2.53. The van der Waals surface area contributed by atoms with Crippen LogP contribution < -0.4 is 14.2 Å². The molecule has 2 rings (SSSR count). The maximum absolute atomic E-state index is 14.3. The first-order chi connectivity index (χ1) is 12.6.